The van der Waals surface area contributed by atoms with Crippen molar-refractivity contribution in [2.75, 3.05) is 37.6 Å². The second-order valence-electron chi connectivity index (χ2n) is 5.75. The van der Waals surface area contributed by atoms with Gasteiger partial charge in [-0.15, -0.1) is 0 Å². The van der Waals surface area contributed by atoms with Crippen molar-refractivity contribution in [2.45, 2.75) is 19.4 Å². The number of aromatic nitrogens is 5. The summed E-state index contributed by atoms with van der Waals surface area (Å²) in [6.45, 7) is 5.31. The Hall–Kier alpha value is -2.55. The van der Waals surface area contributed by atoms with Crippen LogP contribution in [0.25, 0.3) is 0 Å². The first kappa shape index (κ1) is 16.3. The van der Waals surface area contributed by atoms with Crippen molar-refractivity contribution in [3.8, 4) is 0 Å². The molecule has 9 heteroatoms. The summed E-state index contributed by atoms with van der Waals surface area (Å²) < 4.78 is 1.30. The summed E-state index contributed by atoms with van der Waals surface area (Å²) in [4.78, 5) is 37.9. The van der Waals surface area contributed by atoms with Gasteiger partial charge in [0.25, 0.3) is 5.56 Å². The van der Waals surface area contributed by atoms with Gasteiger partial charge in [-0.3, -0.25) is 14.7 Å². The Bertz CT molecular complexity index is 750. The molecule has 3 rings (SSSR count). The quantitative estimate of drug-likeness (QED) is 0.700. The molecule has 24 heavy (non-hydrogen) atoms. The molecule has 1 N–H and O–H groups in total. The first-order valence-electron chi connectivity index (χ1n) is 8.13. The third-order valence-corrected chi connectivity index (χ3v) is 4.08. The monoisotopic (exact) mass is 331 g/mol. The summed E-state index contributed by atoms with van der Waals surface area (Å²) in [5.74, 6) is 0.792. The van der Waals surface area contributed by atoms with Gasteiger partial charge < -0.3 is 4.90 Å². The number of rotatable bonds is 6. The van der Waals surface area contributed by atoms with Crippen LogP contribution in [0.3, 0.4) is 0 Å². The van der Waals surface area contributed by atoms with Gasteiger partial charge in [-0.05, 0) is 25.5 Å². The van der Waals surface area contributed by atoms with Crippen LogP contribution in [0.1, 0.15) is 12.8 Å². The van der Waals surface area contributed by atoms with Gasteiger partial charge in [0.1, 0.15) is 6.20 Å². The Labute approximate surface area is 139 Å². The molecule has 1 fully saturated rings. The van der Waals surface area contributed by atoms with E-state index in [-0.39, 0.29) is 0 Å². The molecule has 128 valence electrons. The van der Waals surface area contributed by atoms with E-state index >= 15 is 0 Å². The molecule has 0 unspecified atom stereocenters. The highest BCUT2D eigenvalue weighted by atomic mass is 16.2. The van der Waals surface area contributed by atoms with Crippen molar-refractivity contribution in [2.24, 2.45) is 0 Å². The van der Waals surface area contributed by atoms with Gasteiger partial charge in [-0.25, -0.2) is 19.4 Å². The summed E-state index contributed by atoms with van der Waals surface area (Å²) in [6, 6.07) is 1.82. The number of aryl methyl sites for hydroxylation is 1. The molecule has 1 saturated heterocycles. The van der Waals surface area contributed by atoms with Crippen molar-refractivity contribution >= 4 is 5.95 Å². The summed E-state index contributed by atoms with van der Waals surface area (Å²) in [6.07, 6.45) is 6.49. The predicted molar refractivity (Wildman–Crippen MR) is 89.0 cm³/mol. The molecular weight excluding hydrogens is 310 g/mol. The van der Waals surface area contributed by atoms with Gasteiger partial charge in [0, 0.05) is 45.1 Å². The molecule has 1 aliphatic rings. The number of hydrogen-bond donors (Lipinski definition) is 1. The Kier molecular flexibility index (Phi) is 5.32. The molecule has 0 aliphatic carbocycles. The van der Waals surface area contributed by atoms with Gasteiger partial charge in [0.15, 0.2) is 0 Å². The smallest absolute Gasteiger partial charge is 0.338 e. The third-order valence-electron chi connectivity index (χ3n) is 4.08. The lowest BCUT2D eigenvalue weighted by Gasteiger charge is -2.34. The molecule has 0 spiro atoms. The molecule has 1 aliphatic heterocycles. The molecule has 0 amide bonds. The fourth-order valence-electron chi connectivity index (χ4n) is 2.76. The van der Waals surface area contributed by atoms with E-state index in [1.165, 1.54) is 4.68 Å². The molecule has 3 heterocycles. The minimum atomic E-state index is -0.462. The van der Waals surface area contributed by atoms with E-state index in [1.54, 1.807) is 12.4 Å². The topological polar surface area (TPSA) is 100 Å². The van der Waals surface area contributed by atoms with E-state index in [2.05, 4.69) is 29.9 Å². The van der Waals surface area contributed by atoms with Gasteiger partial charge in [-0.1, -0.05) is 0 Å². The van der Waals surface area contributed by atoms with Gasteiger partial charge in [0.05, 0.1) is 0 Å². The van der Waals surface area contributed by atoms with Crippen LogP contribution in [-0.2, 0) is 6.54 Å². The largest absolute Gasteiger partial charge is 0.344 e. The number of nitrogens with one attached hydrogen (secondary N) is 1. The molecule has 2 aromatic heterocycles. The van der Waals surface area contributed by atoms with Gasteiger partial charge in [0.2, 0.25) is 5.95 Å². The molecule has 0 radical (unpaired) electrons. The Morgan fingerprint density at radius 2 is 1.71 bits per heavy atom. The average molecular weight is 331 g/mol. The summed E-state index contributed by atoms with van der Waals surface area (Å²) in [7, 11) is 0. The second-order valence-corrected chi connectivity index (χ2v) is 5.75. The van der Waals surface area contributed by atoms with Crippen LogP contribution in [0.4, 0.5) is 5.95 Å². The number of piperazine rings is 1. The van der Waals surface area contributed by atoms with Crippen molar-refractivity contribution in [1.29, 1.82) is 0 Å². The lowest BCUT2D eigenvalue weighted by atomic mass is 10.2. The molecule has 0 aromatic carbocycles. The van der Waals surface area contributed by atoms with Crippen LogP contribution in [0, 0.1) is 0 Å². The van der Waals surface area contributed by atoms with Crippen LogP contribution < -0.4 is 16.1 Å². The predicted octanol–water partition coefficient (Wildman–Crippen LogP) is -0.676. The van der Waals surface area contributed by atoms with Crippen LogP contribution in [0.2, 0.25) is 0 Å². The zero-order chi connectivity index (χ0) is 16.8. The maximum atomic E-state index is 11.5. The van der Waals surface area contributed by atoms with Crippen LogP contribution in [-0.4, -0.2) is 62.4 Å². The summed E-state index contributed by atoms with van der Waals surface area (Å²) in [5, 5.41) is 3.83. The summed E-state index contributed by atoms with van der Waals surface area (Å²) in [5.41, 5.74) is -0.907. The van der Waals surface area contributed by atoms with Gasteiger partial charge >= 0.3 is 5.69 Å². The van der Waals surface area contributed by atoms with Crippen LogP contribution in [0.15, 0.2) is 34.2 Å². The van der Waals surface area contributed by atoms with Crippen molar-refractivity contribution in [1.82, 2.24) is 29.6 Å². The highest BCUT2D eigenvalue weighted by Crippen LogP contribution is 2.10. The normalized spacial score (nSPS) is 15.6. The lowest BCUT2D eigenvalue weighted by Crippen LogP contribution is -2.47. The lowest BCUT2D eigenvalue weighted by molar-refractivity contribution is 0.249. The zero-order valence-corrected chi connectivity index (χ0v) is 13.5. The number of hydrogen-bond acceptors (Lipinski definition) is 7. The standard InChI is InChI=1S/C15H21N7O2/c23-13-12-18-22(15(24)19-13)7-2-1-6-20-8-10-21(11-9-20)14-16-4-3-5-17-14/h3-5,12H,1-2,6-11H2,(H,19,23,24). The van der Waals surface area contributed by atoms with E-state index in [9.17, 15) is 9.59 Å². The molecule has 2 aromatic rings. The Morgan fingerprint density at radius 1 is 1.00 bits per heavy atom. The first-order valence-corrected chi connectivity index (χ1v) is 8.13. The number of H-pyrrole nitrogens is 1. The third kappa shape index (κ3) is 4.25. The number of anilines is 1. The maximum Gasteiger partial charge on any atom is 0.344 e. The van der Waals surface area contributed by atoms with E-state index in [0.29, 0.717) is 6.54 Å². The number of aromatic amines is 1. The minimum Gasteiger partial charge on any atom is -0.338 e. The minimum absolute atomic E-state index is 0.445. The zero-order valence-electron chi connectivity index (χ0n) is 13.5. The van der Waals surface area contributed by atoms with E-state index in [0.717, 1.165) is 57.7 Å². The van der Waals surface area contributed by atoms with Crippen LogP contribution >= 0.6 is 0 Å². The van der Waals surface area contributed by atoms with E-state index in [4.69, 9.17) is 0 Å². The molecule has 9 nitrogen and oxygen atoms in total. The number of nitrogens with zero attached hydrogens (tertiary/aromatic N) is 6. The molecular formula is C15H21N7O2. The van der Waals surface area contributed by atoms with E-state index < -0.39 is 11.2 Å². The first-order chi connectivity index (χ1) is 11.7. The Balaban J connectivity index is 1.38. The fraction of sp³-hybridized carbons (Fsp3) is 0.533. The maximum absolute atomic E-state index is 11.5. The molecule has 0 bridgehead atoms. The highest BCUT2D eigenvalue weighted by molar-refractivity contribution is 5.29. The van der Waals surface area contributed by atoms with Crippen LogP contribution in [0.5, 0.6) is 0 Å². The SMILES string of the molecule is O=c1cnn(CCCCN2CCN(c3ncccn3)CC2)c(=O)[nH]1. The highest BCUT2D eigenvalue weighted by Gasteiger charge is 2.18. The molecule has 0 saturated carbocycles. The molecule has 0 atom stereocenters. The Morgan fingerprint density at radius 3 is 2.42 bits per heavy atom. The van der Waals surface area contributed by atoms with Crippen molar-refractivity contribution in [3.05, 3.63) is 45.5 Å². The average Bonchev–Trinajstić information content (AvgIpc) is 2.61. The second kappa shape index (κ2) is 7.82. The van der Waals surface area contributed by atoms with Gasteiger partial charge in [-0.2, -0.15) is 5.10 Å². The number of unbranched alkanes of at least 4 members (excludes halogenated alkanes) is 1. The van der Waals surface area contributed by atoms with E-state index in [1.807, 2.05) is 6.07 Å². The van der Waals surface area contributed by atoms with Crippen molar-refractivity contribution < 1.29 is 0 Å². The summed E-state index contributed by atoms with van der Waals surface area (Å²) >= 11 is 0. The van der Waals surface area contributed by atoms with Crippen molar-refractivity contribution in [3.63, 3.8) is 0 Å². The fourth-order valence-corrected chi connectivity index (χ4v) is 2.76.